The molecule has 2 atom stereocenters. The summed E-state index contributed by atoms with van der Waals surface area (Å²) in [4.78, 5) is 31.9. The number of carbonyl (C=O) groups is 1. The molecule has 180 valence electrons. The SMILES string of the molecule is Cc1nc(C)c(-c2cnc3nc(C(=O)N4CC[C@H](N5CCc6ccccc6C5)[C@@H](O)C4)cn3c2)s1. The number of aliphatic hydroxyl groups excluding tert-OH is 1. The Bertz CT molecular complexity index is 1410. The van der Waals surface area contributed by atoms with Crippen molar-refractivity contribution < 1.29 is 9.90 Å². The molecule has 1 aromatic carbocycles. The maximum Gasteiger partial charge on any atom is 0.274 e. The number of nitrogens with zero attached hydrogens (tertiary/aromatic N) is 6. The molecule has 35 heavy (non-hydrogen) atoms. The first-order chi connectivity index (χ1) is 17.0. The summed E-state index contributed by atoms with van der Waals surface area (Å²) in [6, 6.07) is 8.59. The Morgan fingerprint density at radius 1 is 1.11 bits per heavy atom. The van der Waals surface area contributed by atoms with Crippen LogP contribution in [-0.2, 0) is 13.0 Å². The molecule has 1 amide bonds. The molecule has 0 bridgehead atoms. The molecule has 1 N–H and O–H groups in total. The lowest BCUT2D eigenvalue weighted by atomic mass is 9.94. The lowest BCUT2D eigenvalue weighted by Gasteiger charge is -2.43. The minimum Gasteiger partial charge on any atom is -0.390 e. The predicted octanol–water partition coefficient (Wildman–Crippen LogP) is 3.10. The van der Waals surface area contributed by atoms with Gasteiger partial charge in [0.15, 0.2) is 0 Å². The van der Waals surface area contributed by atoms with Gasteiger partial charge in [0.25, 0.3) is 5.91 Å². The van der Waals surface area contributed by atoms with Crippen molar-refractivity contribution in [3.8, 4) is 10.4 Å². The van der Waals surface area contributed by atoms with Crippen molar-refractivity contribution >= 4 is 23.0 Å². The number of aliphatic hydroxyl groups is 1. The van der Waals surface area contributed by atoms with E-state index < -0.39 is 6.10 Å². The van der Waals surface area contributed by atoms with Crippen LogP contribution in [0.3, 0.4) is 0 Å². The maximum absolute atomic E-state index is 13.3. The van der Waals surface area contributed by atoms with Gasteiger partial charge in [0.1, 0.15) is 5.69 Å². The number of benzene rings is 1. The normalized spacial score (nSPS) is 20.8. The summed E-state index contributed by atoms with van der Waals surface area (Å²) in [5.41, 5.74) is 5.01. The van der Waals surface area contributed by atoms with Crippen molar-refractivity contribution in [3.63, 3.8) is 0 Å². The van der Waals surface area contributed by atoms with Crippen LogP contribution < -0.4 is 0 Å². The van der Waals surface area contributed by atoms with Crippen molar-refractivity contribution in [1.29, 1.82) is 0 Å². The molecular formula is C26H28N6O2S. The largest absolute Gasteiger partial charge is 0.390 e. The van der Waals surface area contributed by atoms with Gasteiger partial charge in [-0.1, -0.05) is 24.3 Å². The van der Waals surface area contributed by atoms with Crippen LogP contribution in [0.25, 0.3) is 16.2 Å². The topological polar surface area (TPSA) is 86.9 Å². The number of aryl methyl sites for hydroxylation is 2. The summed E-state index contributed by atoms with van der Waals surface area (Å²) in [6.07, 6.45) is 6.62. The Balaban J connectivity index is 1.16. The maximum atomic E-state index is 13.3. The molecule has 2 aliphatic rings. The van der Waals surface area contributed by atoms with Gasteiger partial charge in [0.05, 0.1) is 21.7 Å². The number of piperidine rings is 1. The van der Waals surface area contributed by atoms with Gasteiger partial charge < -0.3 is 10.0 Å². The van der Waals surface area contributed by atoms with Gasteiger partial charge in [0.2, 0.25) is 5.78 Å². The number of fused-ring (bicyclic) bond motifs is 2. The van der Waals surface area contributed by atoms with Crippen LogP contribution in [-0.4, -0.2) is 71.9 Å². The van der Waals surface area contributed by atoms with Crippen LogP contribution in [0.5, 0.6) is 0 Å². The lowest BCUT2D eigenvalue weighted by molar-refractivity contribution is -0.0139. The number of amides is 1. The molecule has 0 spiro atoms. The molecule has 3 aromatic heterocycles. The summed E-state index contributed by atoms with van der Waals surface area (Å²) in [6.45, 7) is 6.68. The Morgan fingerprint density at radius 3 is 2.71 bits per heavy atom. The lowest BCUT2D eigenvalue weighted by Crippen LogP contribution is -2.56. The van der Waals surface area contributed by atoms with Crippen LogP contribution in [0.15, 0.2) is 42.9 Å². The van der Waals surface area contributed by atoms with Gasteiger partial charge in [0, 0.05) is 56.4 Å². The highest BCUT2D eigenvalue weighted by Gasteiger charge is 2.36. The van der Waals surface area contributed by atoms with Crippen molar-refractivity contribution in [1.82, 2.24) is 29.2 Å². The summed E-state index contributed by atoms with van der Waals surface area (Å²) < 4.78 is 1.80. The first-order valence-electron chi connectivity index (χ1n) is 12.0. The van der Waals surface area contributed by atoms with E-state index in [0.29, 0.717) is 24.6 Å². The molecule has 5 heterocycles. The minimum atomic E-state index is -0.586. The van der Waals surface area contributed by atoms with Crippen LogP contribution >= 0.6 is 11.3 Å². The van der Waals surface area contributed by atoms with E-state index in [1.54, 1.807) is 33.0 Å². The molecule has 0 radical (unpaired) electrons. The first kappa shape index (κ1) is 22.3. The van der Waals surface area contributed by atoms with Crippen LogP contribution in [0, 0.1) is 13.8 Å². The number of carbonyl (C=O) groups excluding carboxylic acids is 1. The second-order valence-corrected chi connectivity index (χ2v) is 10.7. The van der Waals surface area contributed by atoms with Crippen molar-refractivity contribution in [3.05, 3.63) is 70.4 Å². The van der Waals surface area contributed by atoms with Crippen molar-refractivity contribution in [2.45, 2.75) is 45.4 Å². The Labute approximate surface area is 207 Å². The molecular weight excluding hydrogens is 460 g/mol. The highest BCUT2D eigenvalue weighted by Crippen LogP contribution is 2.29. The molecule has 2 aliphatic heterocycles. The molecule has 0 unspecified atom stereocenters. The number of β-amino-alcohol motifs (C(OH)–C–C–N with tert-alkyl or cyclic N) is 1. The van der Waals surface area contributed by atoms with E-state index >= 15 is 0 Å². The van der Waals surface area contributed by atoms with Gasteiger partial charge in [-0.2, -0.15) is 0 Å². The number of likely N-dealkylation sites (tertiary alicyclic amines) is 1. The third-order valence-electron chi connectivity index (χ3n) is 7.16. The monoisotopic (exact) mass is 488 g/mol. The fourth-order valence-electron chi connectivity index (χ4n) is 5.40. The standard InChI is InChI=1S/C26H28N6O2S/c1-16-24(35-17(2)28-16)20-11-27-26-29-21(14-32(26)13-20)25(34)31-10-8-22(23(33)15-31)30-9-7-18-5-3-4-6-19(18)12-30/h3-6,11,13-14,22-23,33H,7-10,12,15H2,1-2H3/t22-,23-/m0/s1. The van der Waals surface area contributed by atoms with E-state index in [4.69, 9.17) is 0 Å². The third-order valence-corrected chi connectivity index (χ3v) is 8.28. The van der Waals surface area contributed by atoms with E-state index in [-0.39, 0.29) is 11.9 Å². The van der Waals surface area contributed by atoms with Gasteiger partial charge in [-0.25, -0.2) is 15.0 Å². The zero-order chi connectivity index (χ0) is 24.1. The number of imidazole rings is 1. The Morgan fingerprint density at radius 2 is 1.94 bits per heavy atom. The predicted molar refractivity (Wildman–Crippen MR) is 134 cm³/mol. The fourth-order valence-corrected chi connectivity index (χ4v) is 6.29. The molecule has 6 rings (SSSR count). The smallest absolute Gasteiger partial charge is 0.274 e. The minimum absolute atomic E-state index is 0.0591. The Kier molecular flexibility index (Phi) is 5.63. The number of aromatic nitrogens is 4. The van der Waals surface area contributed by atoms with Gasteiger partial charge >= 0.3 is 0 Å². The van der Waals surface area contributed by atoms with Crippen LogP contribution in [0.4, 0.5) is 0 Å². The second-order valence-electron chi connectivity index (χ2n) is 9.49. The molecule has 9 heteroatoms. The fraction of sp³-hybridized carbons (Fsp3) is 0.385. The molecule has 1 fully saturated rings. The van der Waals surface area contributed by atoms with Crippen molar-refractivity contribution in [2.75, 3.05) is 19.6 Å². The summed E-state index contributed by atoms with van der Waals surface area (Å²) in [7, 11) is 0. The van der Waals surface area contributed by atoms with E-state index in [2.05, 4.69) is 44.1 Å². The Hall–Kier alpha value is -3.14. The highest BCUT2D eigenvalue weighted by molar-refractivity contribution is 7.15. The average molecular weight is 489 g/mol. The number of hydrogen-bond acceptors (Lipinski definition) is 7. The summed E-state index contributed by atoms with van der Waals surface area (Å²) in [5.74, 6) is 0.321. The molecule has 1 saturated heterocycles. The molecule has 0 aliphatic carbocycles. The van der Waals surface area contributed by atoms with Crippen LogP contribution in [0.2, 0.25) is 0 Å². The van der Waals surface area contributed by atoms with Gasteiger partial charge in [-0.3, -0.25) is 14.1 Å². The third kappa shape index (κ3) is 4.13. The second kappa shape index (κ2) is 8.82. The van der Waals surface area contributed by atoms with E-state index in [1.807, 2.05) is 20.0 Å². The van der Waals surface area contributed by atoms with Crippen molar-refractivity contribution in [2.24, 2.45) is 0 Å². The average Bonchev–Trinajstić information content (AvgIpc) is 3.44. The summed E-state index contributed by atoms with van der Waals surface area (Å²) in [5, 5.41) is 12.0. The molecule has 0 saturated carbocycles. The highest BCUT2D eigenvalue weighted by atomic mass is 32.1. The number of thiazole rings is 1. The zero-order valence-electron chi connectivity index (χ0n) is 19.9. The molecule has 4 aromatic rings. The van der Waals surface area contributed by atoms with Gasteiger partial charge in [-0.15, -0.1) is 11.3 Å². The van der Waals surface area contributed by atoms with Crippen LogP contribution in [0.1, 0.15) is 38.7 Å². The first-order valence-corrected chi connectivity index (χ1v) is 12.9. The number of hydrogen-bond donors (Lipinski definition) is 1. The quantitative estimate of drug-likeness (QED) is 0.477. The van der Waals surface area contributed by atoms with E-state index in [9.17, 15) is 9.90 Å². The number of rotatable bonds is 3. The van der Waals surface area contributed by atoms with Gasteiger partial charge in [-0.05, 0) is 37.8 Å². The van der Waals surface area contributed by atoms with E-state index in [0.717, 1.165) is 47.1 Å². The summed E-state index contributed by atoms with van der Waals surface area (Å²) >= 11 is 1.63. The van der Waals surface area contributed by atoms with E-state index in [1.165, 1.54) is 11.1 Å². The zero-order valence-corrected chi connectivity index (χ0v) is 20.7. The molecule has 8 nitrogen and oxygen atoms in total.